The number of nitrogens with zero attached hydrogens (tertiary/aromatic N) is 2. The largest absolute Gasteiger partial charge is 0.490 e. The molecular weight excluding hydrogens is 442 g/mol. The molecule has 1 amide bonds. The normalized spacial score (nSPS) is 17.9. The second-order valence-electron chi connectivity index (χ2n) is 9.75. The van der Waals surface area contributed by atoms with Gasteiger partial charge in [0.1, 0.15) is 17.5 Å². The number of amides is 1. The van der Waals surface area contributed by atoms with Gasteiger partial charge in [-0.2, -0.15) is 0 Å². The van der Waals surface area contributed by atoms with Crippen LogP contribution in [-0.4, -0.2) is 41.9 Å². The van der Waals surface area contributed by atoms with Crippen molar-refractivity contribution in [2.75, 3.05) is 13.1 Å². The van der Waals surface area contributed by atoms with Crippen molar-refractivity contribution in [3.63, 3.8) is 0 Å². The summed E-state index contributed by atoms with van der Waals surface area (Å²) in [6.45, 7) is 6.46. The van der Waals surface area contributed by atoms with E-state index >= 15 is 0 Å². The third-order valence-corrected chi connectivity index (χ3v) is 6.81. The SMILES string of the molecule is C=N/C=C(/CCCCN/C=C\C(N)=O)N(N)C[C@](O)(CC)c1cccc(OC(C2CC2)C2CC2)c1. The number of aliphatic hydroxyl groups is 1. The quantitative estimate of drug-likeness (QED) is 0.0885. The van der Waals surface area contributed by atoms with Gasteiger partial charge in [-0.3, -0.25) is 9.79 Å². The summed E-state index contributed by atoms with van der Waals surface area (Å²) in [5.41, 5.74) is 5.53. The number of hydrogen-bond acceptors (Lipinski definition) is 7. The van der Waals surface area contributed by atoms with Crippen LogP contribution in [0.25, 0.3) is 0 Å². The molecule has 8 heteroatoms. The minimum absolute atomic E-state index is 0.225. The Morgan fingerprint density at radius 3 is 2.66 bits per heavy atom. The fraction of sp³-hybridized carbons (Fsp3) is 0.556. The van der Waals surface area contributed by atoms with Crippen molar-refractivity contribution in [3.05, 3.63) is 54.0 Å². The summed E-state index contributed by atoms with van der Waals surface area (Å²) in [6.07, 6.45) is 12.7. The molecule has 6 N–H and O–H groups in total. The van der Waals surface area contributed by atoms with E-state index in [2.05, 4.69) is 17.0 Å². The van der Waals surface area contributed by atoms with E-state index in [1.807, 2.05) is 31.2 Å². The van der Waals surface area contributed by atoms with Crippen molar-refractivity contribution < 1.29 is 14.6 Å². The summed E-state index contributed by atoms with van der Waals surface area (Å²) in [5, 5.41) is 16.2. The lowest BCUT2D eigenvalue weighted by atomic mass is 9.90. The van der Waals surface area contributed by atoms with Crippen molar-refractivity contribution in [2.45, 2.75) is 70.0 Å². The van der Waals surface area contributed by atoms with Crippen LogP contribution < -0.4 is 21.6 Å². The molecule has 1 aromatic rings. The molecule has 8 nitrogen and oxygen atoms in total. The van der Waals surface area contributed by atoms with Gasteiger partial charge in [-0.15, -0.1) is 0 Å². The predicted molar refractivity (Wildman–Crippen MR) is 139 cm³/mol. The van der Waals surface area contributed by atoms with Gasteiger partial charge in [0.25, 0.3) is 0 Å². The van der Waals surface area contributed by atoms with Crippen LogP contribution in [0.5, 0.6) is 5.75 Å². The van der Waals surface area contributed by atoms with E-state index in [4.69, 9.17) is 16.3 Å². The van der Waals surface area contributed by atoms with E-state index in [1.54, 1.807) is 17.4 Å². The minimum Gasteiger partial charge on any atom is -0.490 e. The van der Waals surface area contributed by atoms with Crippen LogP contribution in [0.3, 0.4) is 0 Å². The summed E-state index contributed by atoms with van der Waals surface area (Å²) >= 11 is 0. The van der Waals surface area contributed by atoms with Crippen LogP contribution in [0, 0.1) is 11.8 Å². The number of nitrogens with two attached hydrogens (primary N) is 2. The van der Waals surface area contributed by atoms with Gasteiger partial charge < -0.3 is 25.9 Å². The van der Waals surface area contributed by atoms with Crippen LogP contribution in [0.15, 0.2) is 53.4 Å². The molecule has 0 radical (unpaired) electrons. The standard InChI is InChI=1S/C27H41N5O3/c1-3-27(34,19-32(29)23(18-30-2)8-4-5-15-31-16-14-25(28)33)22-7-6-9-24(17-22)35-26(20-10-11-20)21-12-13-21/h6-7,9,14,16-18,20-21,26,31,34H,2-5,8,10-13,15,19,29H2,1H3,(H2,28,33)/b16-14-,23-18-/t27-/m1/s1. The molecule has 0 bridgehead atoms. The Kier molecular flexibility index (Phi) is 9.74. The topological polar surface area (TPSA) is 126 Å². The second-order valence-corrected chi connectivity index (χ2v) is 9.75. The molecule has 2 saturated carbocycles. The van der Waals surface area contributed by atoms with E-state index < -0.39 is 11.5 Å². The summed E-state index contributed by atoms with van der Waals surface area (Å²) in [7, 11) is 0. The highest BCUT2D eigenvalue weighted by molar-refractivity contribution is 5.85. The molecule has 35 heavy (non-hydrogen) atoms. The smallest absolute Gasteiger partial charge is 0.242 e. The van der Waals surface area contributed by atoms with Gasteiger partial charge in [0.15, 0.2) is 0 Å². The van der Waals surface area contributed by atoms with E-state index in [0.717, 1.165) is 29.9 Å². The molecule has 2 aliphatic rings. The van der Waals surface area contributed by atoms with Gasteiger partial charge in [-0.05, 0) is 87.6 Å². The summed E-state index contributed by atoms with van der Waals surface area (Å²) in [5.74, 6) is 8.13. The highest BCUT2D eigenvalue weighted by Crippen LogP contribution is 2.46. The number of carbonyl (C=O) groups excluding carboxylic acids is 1. The minimum atomic E-state index is -1.13. The number of hydrazine groups is 1. The first-order valence-electron chi connectivity index (χ1n) is 12.7. The number of carbonyl (C=O) groups is 1. The Balaban J connectivity index is 1.58. The predicted octanol–water partition coefficient (Wildman–Crippen LogP) is 3.33. The van der Waals surface area contributed by atoms with Crippen LogP contribution in [0.1, 0.15) is 63.9 Å². The zero-order chi connectivity index (χ0) is 25.3. The van der Waals surface area contributed by atoms with E-state index in [0.29, 0.717) is 37.3 Å². The Bertz CT molecular complexity index is 898. The molecule has 3 rings (SSSR count). The Morgan fingerprint density at radius 1 is 1.34 bits per heavy atom. The second kappa shape index (κ2) is 12.7. The number of aliphatic imine (C=N–C) groups is 1. The molecule has 0 aromatic heterocycles. The molecule has 1 aromatic carbocycles. The molecular formula is C27H41N5O3. The average molecular weight is 484 g/mol. The molecule has 1 atom stereocenters. The monoisotopic (exact) mass is 483 g/mol. The highest BCUT2D eigenvalue weighted by Gasteiger charge is 2.43. The van der Waals surface area contributed by atoms with Crippen molar-refractivity contribution >= 4 is 12.6 Å². The van der Waals surface area contributed by atoms with Gasteiger partial charge in [0.05, 0.1) is 6.54 Å². The lowest BCUT2D eigenvalue weighted by Gasteiger charge is -2.34. The molecule has 2 fully saturated rings. The number of rotatable bonds is 17. The zero-order valence-electron chi connectivity index (χ0n) is 20.9. The molecule has 0 heterocycles. The Labute approximate surface area is 209 Å². The number of nitrogens with one attached hydrogen (secondary N) is 1. The van der Waals surface area contributed by atoms with Crippen molar-refractivity contribution in [1.29, 1.82) is 0 Å². The molecule has 0 saturated heterocycles. The van der Waals surface area contributed by atoms with Crippen molar-refractivity contribution in [3.8, 4) is 5.75 Å². The number of primary amides is 1. The average Bonchev–Trinajstić information content (AvgIpc) is 3.75. The highest BCUT2D eigenvalue weighted by atomic mass is 16.5. The molecule has 2 aliphatic carbocycles. The summed E-state index contributed by atoms with van der Waals surface area (Å²) in [4.78, 5) is 14.6. The third kappa shape index (κ3) is 8.40. The van der Waals surface area contributed by atoms with E-state index in [9.17, 15) is 9.90 Å². The third-order valence-electron chi connectivity index (χ3n) is 6.81. The van der Waals surface area contributed by atoms with Gasteiger partial charge in [-0.25, -0.2) is 5.84 Å². The van der Waals surface area contributed by atoms with Crippen LogP contribution in [0.2, 0.25) is 0 Å². The molecule has 0 unspecified atom stereocenters. The van der Waals surface area contributed by atoms with Gasteiger partial charge in [0, 0.05) is 30.7 Å². The number of benzene rings is 1. The van der Waals surface area contributed by atoms with E-state index in [-0.39, 0.29) is 6.54 Å². The Hall–Kier alpha value is -2.84. The molecule has 0 spiro atoms. The number of ether oxygens (including phenoxy) is 1. The first kappa shape index (κ1) is 26.8. The number of hydrogen-bond donors (Lipinski definition) is 4. The van der Waals surface area contributed by atoms with Crippen LogP contribution >= 0.6 is 0 Å². The van der Waals surface area contributed by atoms with E-state index in [1.165, 1.54) is 31.8 Å². The Morgan fingerprint density at radius 2 is 2.06 bits per heavy atom. The first-order valence-corrected chi connectivity index (χ1v) is 12.7. The van der Waals surface area contributed by atoms with Crippen LogP contribution in [-0.2, 0) is 10.4 Å². The fourth-order valence-electron chi connectivity index (χ4n) is 4.38. The number of allylic oxidation sites excluding steroid dienone is 1. The maximum absolute atomic E-state index is 11.6. The van der Waals surface area contributed by atoms with Crippen molar-refractivity contribution in [1.82, 2.24) is 10.3 Å². The maximum Gasteiger partial charge on any atom is 0.242 e. The van der Waals surface area contributed by atoms with Gasteiger partial charge >= 0.3 is 0 Å². The summed E-state index contributed by atoms with van der Waals surface area (Å²) in [6, 6.07) is 7.84. The maximum atomic E-state index is 11.6. The lowest BCUT2D eigenvalue weighted by Crippen LogP contribution is -2.43. The molecule has 192 valence electrons. The zero-order valence-corrected chi connectivity index (χ0v) is 20.9. The fourth-order valence-corrected chi connectivity index (χ4v) is 4.38. The van der Waals surface area contributed by atoms with Crippen molar-refractivity contribution in [2.24, 2.45) is 28.4 Å². The lowest BCUT2D eigenvalue weighted by molar-refractivity contribution is -0.113. The van der Waals surface area contributed by atoms with Crippen LogP contribution in [0.4, 0.5) is 0 Å². The molecule has 0 aliphatic heterocycles. The van der Waals surface area contributed by atoms with Gasteiger partial charge in [0.2, 0.25) is 5.91 Å². The first-order chi connectivity index (χ1) is 16.9. The number of unbranched alkanes of at least 4 members (excludes halogenated alkanes) is 1. The van der Waals surface area contributed by atoms with Gasteiger partial charge in [-0.1, -0.05) is 19.1 Å². The summed E-state index contributed by atoms with van der Waals surface area (Å²) < 4.78 is 6.41.